The zero-order valence-electron chi connectivity index (χ0n) is 10.1. The number of methoxy groups -OCH3 is 1. The first-order valence-electron chi connectivity index (χ1n) is 5.62. The van der Waals surface area contributed by atoms with Gasteiger partial charge >= 0.3 is 0 Å². The standard InChI is InChI=1S/C14H15ClN2O/c1-18-14-6-5-11(15)8-13(14)17-12-4-2-3-10(7-12)9-16/h2-8,17H,9,16H2,1H3. The van der Waals surface area contributed by atoms with Gasteiger partial charge in [-0.2, -0.15) is 0 Å². The Morgan fingerprint density at radius 3 is 2.78 bits per heavy atom. The van der Waals surface area contributed by atoms with E-state index < -0.39 is 0 Å². The molecule has 0 aliphatic carbocycles. The Balaban J connectivity index is 2.29. The molecule has 0 bridgehead atoms. The minimum absolute atomic E-state index is 0.516. The lowest BCUT2D eigenvalue weighted by atomic mass is 10.2. The zero-order chi connectivity index (χ0) is 13.0. The lowest BCUT2D eigenvalue weighted by Crippen LogP contribution is -1.98. The van der Waals surface area contributed by atoms with Crippen LogP contribution < -0.4 is 15.8 Å². The molecule has 0 fully saturated rings. The van der Waals surface area contributed by atoms with E-state index in [-0.39, 0.29) is 0 Å². The van der Waals surface area contributed by atoms with E-state index in [9.17, 15) is 0 Å². The summed E-state index contributed by atoms with van der Waals surface area (Å²) in [6.45, 7) is 0.516. The molecule has 18 heavy (non-hydrogen) atoms. The highest BCUT2D eigenvalue weighted by Crippen LogP contribution is 2.30. The lowest BCUT2D eigenvalue weighted by Gasteiger charge is -2.12. The molecule has 94 valence electrons. The summed E-state index contributed by atoms with van der Waals surface area (Å²) >= 11 is 5.98. The lowest BCUT2D eigenvalue weighted by molar-refractivity contribution is 0.417. The van der Waals surface area contributed by atoms with Crippen molar-refractivity contribution in [3.63, 3.8) is 0 Å². The summed E-state index contributed by atoms with van der Waals surface area (Å²) in [5.41, 5.74) is 8.48. The predicted octanol–water partition coefficient (Wildman–Crippen LogP) is 3.55. The second-order valence-corrected chi connectivity index (χ2v) is 4.31. The molecule has 0 aromatic heterocycles. The first kappa shape index (κ1) is 12.7. The maximum atomic E-state index is 5.98. The second-order valence-electron chi connectivity index (χ2n) is 3.87. The monoisotopic (exact) mass is 262 g/mol. The molecule has 2 aromatic rings. The molecule has 0 amide bonds. The summed E-state index contributed by atoms with van der Waals surface area (Å²) in [6.07, 6.45) is 0. The van der Waals surface area contributed by atoms with Gasteiger partial charge in [0.1, 0.15) is 5.75 Å². The average Bonchev–Trinajstić information content (AvgIpc) is 2.39. The molecule has 0 aliphatic rings. The van der Waals surface area contributed by atoms with Gasteiger partial charge in [0, 0.05) is 17.3 Å². The Kier molecular flexibility index (Phi) is 4.07. The molecular formula is C14H15ClN2O. The number of anilines is 2. The summed E-state index contributed by atoms with van der Waals surface area (Å²) in [4.78, 5) is 0. The van der Waals surface area contributed by atoms with Crippen LogP contribution in [0.1, 0.15) is 5.56 Å². The smallest absolute Gasteiger partial charge is 0.142 e. The minimum Gasteiger partial charge on any atom is -0.495 e. The number of hydrogen-bond donors (Lipinski definition) is 2. The molecule has 0 saturated carbocycles. The van der Waals surface area contributed by atoms with E-state index in [2.05, 4.69) is 5.32 Å². The normalized spacial score (nSPS) is 10.2. The van der Waals surface area contributed by atoms with Crippen LogP contribution in [-0.4, -0.2) is 7.11 Å². The molecule has 0 spiro atoms. The average molecular weight is 263 g/mol. The molecule has 0 saturated heterocycles. The van der Waals surface area contributed by atoms with Crippen LogP contribution >= 0.6 is 11.6 Å². The maximum absolute atomic E-state index is 5.98. The van der Waals surface area contributed by atoms with Crippen molar-refractivity contribution in [3.8, 4) is 5.75 Å². The van der Waals surface area contributed by atoms with Gasteiger partial charge in [-0.3, -0.25) is 0 Å². The number of nitrogens with two attached hydrogens (primary N) is 1. The molecule has 2 rings (SSSR count). The van der Waals surface area contributed by atoms with Crippen molar-refractivity contribution >= 4 is 23.0 Å². The molecule has 0 atom stereocenters. The Hall–Kier alpha value is -1.71. The quantitative estimate of drug-likeness (QED) is 0.886. The molecule has 4 heteroatoms. The molecule has 3 nitrogen and oxygen atoms in total. The van der Waals surface area contributed by atoms with E-state index in [0.29, 0.717) is 11.6 Å². The molecule has 0 aliphatic heterocycles. The van der Waals surface area contributed by atoms with Gasteiger partial charge in [-0.05, 0) is 35.9 Å². The fourth-order valence-corrected chi connectivity index (χ4v) is 1.88. The second kappa shape index (κ2) is 5.76. The van der Waals surface area contributed by atoms with Crippen molar-refractivity contribution in [2.75, 3.05) is 12.4 Å². The van der Waals surface area contributed by atoms with Crippen LogP contribution in [-0.2, 0) is 6.54 Å². The van der Waals surface area contributed by atoms with Crippen molar-refractivity contribution in [3.05, 3.63) is 53.1 Å². The van der Waals surface area contributed by atoms with Crippen LogP contribution in [0.5, 0.6) is 5.75 Å². The third-order valence-electron chi connectivity index (χ3n) is 2.60. The zero-order valence-corrected chi connectivity index (χ0v) is 10.9. The number of halogens is 1. The molecule has 0 unspecified atom stereocenters. The van der Waals surface area contributed by atoms with E-state index >= 15 is 0 Å². The van der Waals surface area contributed by atoms with Crippen LogP contribution in [0, 0.1) is 0 Å². The number of nitrogens with one attached hydrogen (secondary N) is 1. The van der Waals surface area contributed by atoms with Gasteiger partial charge in [0.05, 0.1) is 12.8 Å². The van der Waals surface area contributed by atoms with Crippen LogP contribution in [0.2, 0.25) is 5.02 Å². The van der Waals surface area contributed by atoms with Crippen molar-refractivity contribution in [1.29, 1.82) is 0 Å². The predicted molar refractivity (Wildman–Crippen MR) is 75.6 cm³/mol. The van der Waals surface area contributed by atoms with Crippen molar-refractivity contribution in [2.24, 2.45) is 5.73 Å². The van der Waals surface area contributed by atoms with Crippen LogP contribution in [0.25, 0.3) is 0 Å². The highest BCUT2D eigenvalue weighted by atomic mass is 35.5. The van der Waals surface area contributed by atoms with Gasteiger partial charge in [-0.1, -0.05) is 23.7 Å². The summed E-state index contributed by atoms with van der Waals surface area (Å²) < 4.78 is 5.28. The summed E-state index contributed by atoms with van der Waals surface area (Å²) in [6, 6.07) is 13.4. The Morgan fingerprint density at radius 1 is 1.22 bits per heavy atom. The van der Waals surface area contributed by atoms with E-state index in [1.165, 1.54) is 0 Å². The largest absolute Gasteiger partial charge is 0.495 e. The van der Waals surface area contributed by atoms with Crippen molar-refractivity contribution in [1.82, 2.24) is 0 Å². The van der Waals surface area contributed by atoms with Crippen molar-refractivity contribution < 1.29 is 4.74 Å². The SMILES string of the molecule is COc1ccc(Cl)cc1Nc1cccc(CN)c1. The highest BCUT2D eigenvalue weighted by molar-refractivity contribution is 6.31. The first-order chi connectivity index (χ1) is 8.72. The molecule has 0 radical (unpaired) electrons. The first-order valence-corrected chi connectivity index (χ1v) is 6.00. The minimum atomic E-state index is 0.516. The highest BCUT2D eigenvalue weighted by Gasteiger charge is 2.04. The molecular weight excluding hydrogens is 248 g/mol. The van der Waals surface area contributed by atoms with Gasteiger partial charge in [-0.15, -0.1) is 0 Å². The molecule has 2 aromatic carbocycles. The third-order valence-corrected chi connectivity index (χ3v) is 2.84. The fourth-order valence-electron chi connectivity index (χ4n) is 1.71. The molecule has 3 N–H and O–H groups in total. The Morgan fingerprint density at radius 2 is 2.06 bits per heavy atom. The van der Waals surface area contributed by atoms with Gasteiger partial charge in [0.15, 0.2) is 0 Å². The van der Waals surface area contributed by atoms with Crippen LogP contribution in [0.4, 0.5) is 11.4 Å². The van der Waals surface area contributed by atoms with Gasteiger partial charge < -0.3 is 15.8 Å². The molecule has 0 heterocycles. The van der Waals surface area contributed by atoms with E-state index in [1.807, 2.05) is 36.4 Å². The maximum Gasteiger partial charge on any atom is 0.142 e. The summed E-state index contributed by atoms with van der Waals surface area (Å²) in [7, 11) is 1.63. The number of benzene rings is 2. The van der Waals surface area contributed by atoms with Gasteiger partial charge in [0.2, 0.25) is 0 Å². The number of ether oxygens (including phenoxy) is 1. The number of rotatable bonds is 4. The summed E-state index contributed by atoms with van der Waals surface area (Å²) in [5.74, 6) is 0.748. The number of hydrogen-bond acceptors (Lipinski definition) is 3. The topological polar surface area (TPSA) is 47.3 Å². The van der Waals surface area contributed by atoms with Crippen molar-refractivity contribution in [2.45, 2.75) is 6.54 Å². The van der Waals surface area contributed by atoms with Gasteiger partial charge in [-0.25, -0.2) is 0 Å². The Bertz CT molecular complexity index is 543. The fraction of sp³-hybridized carbons (Fsp3) is 0.143. The van der Waals surface area contributed by atoms with Crippen LogP contribution in [0.3, 0.4) is 0 Å². The van der Waals surface area contributed by atoms with Gasteiger partial charge in [0.25, 0.3) is 0 Å². The van der Waals surface area contributed by atoms with E-state index in [4.69, 9.17) is 22.1 Å². The third kappa shape index (κ3) is 2.94. The van der Waals surface area contributed by atoms with E-state index in [0.717, 1.165) is 22.7 Å². The Labute approximate surface area is 112 Å². The van der Waals surface area contributed by atoms with E-state index in [1.54, 1.807) is 13.2 Å². The summed E-state index contributed by atoms with van der Waals surface area (Å²) in [5, 5.41) is 3.93. The van der Waals surface area contributed by atoms with Crippen LogP contribution in [0.15, 0.2) is 42.5 Å².